The van der Waals surface area contributed by atoms with E-state index in [-0.39, 0.29) is 29.0 Å². The number of aryl methyl sites for hydroxylation is 2. The summed E-state index contributed by atoms with van der Waals surface area (Å²) in [4.78, 5) is 33.3. The summed E-state index contributed by atoms with van der Waals surface area (Å²) >= 11 is 6.65. The quantitative estimate of drug-likeness (QED) is 0.383. The van der Waals surface area contributed by atoms with Gasteiger partial charge in [0.25, 0.3) is 11.5 Å². The van der Waals surface area contributed by atoms with Crippen LogP contribution in [-0.2, 0) is 9.53 Å². The van der Waals surface area contributed by atoms with Crippen molar-refractivity contribution in [3.8, 4) is 11.6 Å². The number of hydrogen-bond acceptors (Lipinski definition) is 7. The van der Waals surface area contributed by atoms with Gasteiger partial charge in [-0.2, -0.15) is 4.98 Å². The van der Waals surface area contributed by atoms with Gasteiger partial charge < -0.3 is 9.47 Å². The summed E-state index contributed by atoms with van der Waals surface area (Å²) in [6, 6.07) is 11.2. The van der Waals surface area contributed by atoms with Gasteiger partial charge in [-0.3, -0.25) is 18.9 Å². The molecule has 0 saturated carbocycles. The van der Waals surface area contributed by atoms with E-state index >= 15 is 0 Å². The molecule has 0 aliphatic carbocycles. The molecule has 7 nitrogen and oxygen atoms in total. The molecular formula is C25H23N3O4S2. The number of thiocarbonyl (C=S) groups is 1. The summed E-state index contributed by atoms with van der Waals surface area (Å²) in [6.07, 6.45) is 5.08. The first-order chi connectivity index (χ1) is 16.4. The third kappa shape index (κ3) is 4.26. The Morgan fingerprint density at radius 1 is 1.21 bits per heavy atom. The standard InChI is InChI=1S/C25H23N3O4S2/c1-15-7-3-4-10-19(15)32-22-18(23(29)27-11-5-8-16(2)21(27)26-22)13-20-24(30)28(25(33)34-20)14-17-9-6-12-31-17/h3-5,7-8,10-11,13,17H,6,9,12,14H2,1-2H3/b20-13+. The molecule has 1 amide bonds. The smallest absolute Gasteiger partial charge is 0.269 e. The summed E-state index contributed by atoms with van der Waals surface area (Å²) in [5.74, 6) is 0.506. The number of benzene rings is 1. The molecule has 0 N–H and O–H groups in total. The fourth-order valence-corrected chi connectivity index (χ4v) is 5.31. The van der Waals surface area contributed by atoms with E-state index in [0.29, 0.717) is 33.8 Å². The molecule has 3 aromatic rings. The van der Waals surface area contributed by atoms with Crippen LogP contribution in [0.1, 0.15) is 29.5 Å². The molecule has 9 heteroatoms. The molecule has 2 aromatic heterocycles. The molecule has 0 bridgehead atoms. The lowest BCUT2D eigenvalue weighted by Gasteiger charge is -2.18. The van der Waals surface area contributed by atoms with E-state index in [4.69, 9.17) is 21.7 Å². The van der Waals surface area contributed by atoms with E-state index in [1.807, 2.05) is 44.2 Å². The topological polar surface area (TPSA) is 73.1 Å². The highest BCUT2D eigenvalue weighted by Crippen LogP contribution is 2.35. The van der Waals surface area contributed by atoms with Crippen LogP contribution in [0, 0.1) is 13.8 Å². The molecule has 4 heterocycles. The number of para-hydroxylation sites is 1. The van der Waals surface area contributed by atoms with Crippen LogP contribution in [0.5, 0.6) is 11.6 Å². The highest BCUT2D eigenvalue weighted by atomic mass is 32.2. The minimum absolute atomic E-state index is 0.0160. The number of pyridine rings is 1. The molecule has 0 spiro atoms. The Hall–Kier alpha value is -3.01. The Morgan fingerprint density at radius 3 is 2.76 bits per heavy atom. The number of carbonyl (C=O) groups excluding carboxylic acids is 1. The van der Waals surface area contributed by atoms with Gasteiger partial charge in [0.2, 0.25) is 5.88 Å². The summed E-state index contributed by atoms with van der Waals surface area (Å²) in [6.45, 7) is 4.93. The van der Waals surface area contributed by atoms with Crippen molar-refractivity contribution >= 4 is 45.9 Å². The van der Waals surface area contributed by atoms with Gasteiger partial charge in [0.1, 0.15) is 21.3 Å². The Kier molecular flexibility index (Phi) is 6.24. The maximum Gasteiger partial charge on any atom is 0.269 e. The molecule has 2 fully saturated rings. The predicted octanol–water partition coefficient (Wildman–Crippen LogP) is 4.48. The fraction of sp³-hybridized carbons (Fsp3) is 0.280. The number of hydrogen-bond donors (Lipinski definition) is 0. The molecular weight excluding hydrogens is 470 g/mol. The van der Waals surface area contributed by atoms with Crippen molar-refractivity contribution in [1.82, 2.24) is 14.3 Å². The lowest BCUT2D eigenvalue weighted by molar-refractivity contribution is -0.123. The van der Waals surface area contributed by atoms with Crippen molar-refractivity contribution < 1.29 is 14.3 Å². The maximum atomic E-state index is 13.5. The van der Waals surface area contributed by atoms with Gasteiger partial charge in [-0.15, -0.1) is 0 Å². The second-order valence-corrected chi connectivity index (χ2v) is 9.99. The van der Waals surface area contributed by atoms with Gasteiger partial charge in [0.05, 0.1) is 17.6 Å². The first-order valence-corrected chi connectivity index (χ1v) is 12.3. The van der Waals surface area contributed by atoms with Gasteiger partial charge in [0, 0.05) is 12.8 Å². The molecule has 2 saturated heterocycles. The molecule has 1 aromatic carbocycles. The highest BCUT2D eigenvalue weighted by molar-refractivity contribution is 8.26. The molecule has 0 radical (unpaired) electrons. The second kappa shape index (κ2) is 9.32. The third-order valence-corrected chi connectivity index (χ3v) is 7.29. The van der Waals surface area contributed by atoms with E-state index < -0.39 is 0 Å². The van der Waals surface area contributed by atoms with Crippen LogP contribution in [0.15, 0.2) is 52.3 Å². The summed E-state index contributed by atoms with van der Waals surface area (Å²) in [5, 5.41) is 0. The second-order valence-electron chi connectivity index (χ2n) is 8.32. The molecule has 1 atom stereocenters. The van der Waals surface area contributed by atoms with E-state index in [1.165, 1.54) is 16.2 Å². The molecule has 5 rings (SSSR count). The Bertz CT molecular complexity index is 1390. The van der Waals surface area contributed by atoms with Crippen molar-refractivity contribution in [1.29, 1.82) is 0 Å². The Labute approximate surface area is 206 Å². The zero-order valence-electron chi connectivity index (χ0n) is 18.8. The lowest BCUT2D eigenvalue weighted by atomic mass is 10.2. The number of carbonyl (C=O) groups is 1. The molecule has 174 valence electrons. The lowest BCUT2D eigenvalue weighted by Crippen LogP contribution is -2.35. The van der Waals surface area contributed by atoms with E-state index in [1.54, 1.807) is 23.2 Å². The van der Waals surface area contributed by atoms with Crippen LogP contribution in [0.2, 0.25) is 0 Å². The van der Waals surface area contributed by atoms with Crippen LogP contribution in [0.4, 0.5) is 0 Å². The van der Waals surface area contributed by atoms with Gasteiger partial charge in [-0.1, -0.05) is 48.2 Å². The van der Waals surface area contributed by atoms with Gasteiger partial charge in [-0.05, 0) is 56.0 Å². The Balaban J connectivity index is 1.59. The average Bonchev–Trinajstić information content (AvgIpc) is 3.42. The third-order valence-electron chi connectivity index (χ3n) is 5.91. The zero-order valence-corrected chi connectivity index (χ0v) is 20.4. The normalized spacial score (nSPS) is 19.5. The van der Waals surface area contributed by atoms with E-state index in [0.717, 1.165) is 24.0 Å². The maximum absolute atomic E-state index is 13.5. The Morgan fingerprint density at radius 2 is 2.00 bits per heavy atom. The predicted molar refractivity (Wildman–Crippen MR) is 136 cm³/mol. The minimum Gasteiger partial charge on any atom is -0.438 e. The van der Waals surface area contributed by atoms with E-state index in [2.05, 4.69) is 4.98 Å². The minimum atomic E-state index is -0.318. The highest BCUT2D eigenvalue weighted by Gasteiger charge is 2.35. The van der Waals surface area contributed by atoms with Crippen molar-refractivity contribution in [3.63, 3.8) is 0 Å². The van der Waals surface area contributed by atoms with Crippen molar-refractivity contribution in [2.45, 2.75) is 32.8 Å². The number of aromatic nitrogens is 2. The number of nitrogens with zero attached hydrogens (tertiary/aromatic N) is 3. The fourth-order valence-electron chi connectivity index (χ4n) is 4.05. The number of amides is 1. The van der Waals surface area contributed by atoms with Crippen LogP contribution in [-0.4, -0.2) is 43.8 Å². The van der Waals surface area contributed by atoms with Crippen molar-refractivity contribution in [2.75, 3.05) is 13.2 Å². The summed E-state index contributed by atoms with van der Waals surface area (Å²) in [5.41, 5.74) is 2.12. The van der Waals surface area contributed by atoms with Crippen LogP contribution < -0.4 is 10.3 Å². The van der Waals surface area contributed by atoms with Crippen LogP contribution in [0.25, 0.3) is 11.7 Å². The zero-order chi connectivity index (χ0) is 23.8. The van der Waals surface area contributed by atoms with Gasteiger partial charge >= 0.3 is 0 Å². The van der Waals surface area contributed by atoms with Crippen molar-refractivity contribution in [2.24, 2.45) is 0 Å². The van der Waals surface area contributed by atoms with Gasteiger partial charge in [0.15, 0.2) is 0 Å². The molecule has 1 unspecified atom stereocenters. The number of ether oxygens (including phenoxy) is 2. The molecule has 2 aliphatic heterocycles. The van der Waals surface area contributed by atoms with E-state index in [9.17, 15) is 9.59 Å². The monoisotopic (exact) mass is 493 g/mol. The van der Waals surface area contributed by atoms with Crippen LogP contribution >= 0.6 is 24.0 Å². The largest absolute Gasteiger partial charge is 0.438 e. The average molecular weight is 494 g/mol. The first kappa shape index (κ1) is 22.8. The SMILES string of the molecule is Cc1ccccc1Oc1nc2c(C)cccn2c(=O)c1/C=C1/SC(=S)N(CC2CCCO2)C1=O. The number of thioether (sulfide) groups is 1. The number of rotatable bonds is 5. The summed E-state index contributed by atoms with van der Waals surface area (Å²) in [7, 11) is 0. The summed E-state index contributed by atoms with van der Waals surface area (Å²) < 4.78 is 13.7. The molecule has 34 heavy (non-hydrogen) atoms. The van der Waals surface area contributed by atoms with Gasteiger partial charge in [-0.25, -0.2) is 0 Å². The van der Waals surface area contributed by atoms with Crippen molar-refractivity contribution in [3.05, 3.63) is 74.5 Å². The van der Waals surface area contributed by atoms with Crippen LogP contribution in [0.3, 0.4) is 0 Å². The first-order valence-electron chi connectivity index (χ1n) is 11.0. The molecule has 2 aliphatic rings. The number of fused-ring (bicyclic) bond motifs is 1.